The molecular formula is C9H6F3NO6. The Bertz CT molecular complexity index is 507. The van der Waals surface area contributed by atoms with E-state index in [0.717, 1.165) is 12.1 Å². The molecule has 7 nitrogen and oxygen atoms in total. The lowest BCUT2D eigenvalue weighted by Gasteiger charge is -2.16. The Morgan fingerprint density at radius 2 is 2.05 bits per heavy atom. The molecule has 0 fully saturated rings. The number of hydrogen-bond donors (Lipinski definition) is 1. The number of nitrogens with zero attached hydrogens (tertiary/aromatic N) is 1. The van der Waals surface area contributed by atoms with Crippen LogP contribution in [0.2, 0.25) is 0 Å². The van der Waals surface area contributed by atoms with Crippen LogP contribution in [0.3, 0.4) is 0 Å². The number of carbonyl (C=O) groups is 1. The Balaban J connectivity index is 3.17. The van der Waals surface area contributed by atoms with Crippen LogP contribution in [0.1, 0.15) is 0 Å². The third-order valence-corrected chi connectivity index (χ3v) is 1.75. The zero-order valence-electron chi connectivity index (χ0n) is 9.01. The largest absolute Gasteiger partial charge is 0.511 e. The number of nitro benzene ring substituents is 1. The summed E-state index contributed by atoms with van der Waals surface area (Å²) < 4.78 is 45.3. The average molecular weight is 281 g/mol. The van der Waals surface area contributed by atoms with E-state index in [-0.39, 0.29) is 0 Å². The Morgan fingerprint density at radius 1 is 1.42 bits per heavy atom. The van der Waals surface area contributed by atoms with E-state index in [1.807, 2.05) is 0 Å². The molecule has 0 unspecified atom stereocenters. The molecule has 1 aromatic rings. The Hall–Kier alpha value is -2.52. The topological polar surface area (TPSA) is 98.9 Å². The molecule has 19 heavy (non-hydrogen) atoms. The summed E-state index contributed by atoms with van der Waals surface area (Å²) in [7, 11) is 0. The van der Waals surface area contributed by atoms with E-state index in [4.69, 9.17) is 5.11 Å². The van der Waals surface area contributed by atoms with Crippen molar-refractivity contribution in [3.63, 3.8) is 0 Å². The zero-order valence-corrected chi connectivity index (χ0v) is 9.01. The van der Waals surface area contributed by atoms with Crippen LogP contribution in [0.15, 0.2) is 18.2 Å². The second kappa shape index (κ2) is 5.42. The van der Waals surface area contributed by atoms with Crippen LogP contribution in [-0.4, -0.2) is 29.0 Å². The molecule has 1 aromatic carbocycles. The number of non-ortho nitro benzene ring substituents is 1. The molecule has 0 amide bonds. The van der Waals surface area contributed by atoms with Crippen LogP contribution >= 0.6 is 0 Å². The van der Waals surface area contributed by atoms with E-state index in [1.165, 1.54) is 0 Å². The van der Waals surface area contributed by atoms with Crippen LogP contribution in [0.25, 0.3) is 0 Å². The minimum atomic E-state index is -4.26. The molecule has 0 spiro atoms. The molecule has 0 aliphatic rings. The Kier molecular flexibility index (Phi) is 4.14. The van der Waals surface area contributed by atoms with E-state index in [9.17, 15) is 28.1 Å². The number of carboxylic acid groups (broad SMARTS) is 1. The molecule has 104 valence electrons. The molecule has 0 saturated heterocycles. The van der Waals surface area contributed by atoms with Crippen molar-refractivity contribution >= 4 is 11.8 Å². The highest BCUT2D eigenvalue weighted by Crippen LogP contribution is 2.35. The van der Waals surface area contributed by atoms with Gasteiger partial charge in [0.05, 0.1) is 11.0 Å². The fourth-order valence-corrected chi connectivity index (χ4v) is 1.06. The Morgan fingerprint density at radius 3 is 2.53 bits per heavy atom. The lowest BCUT2D eigenvalue weighted by Crippen LogP contribution is -2.27. The van der Waals surface area contributed by atoms with Crippen LogP contribution in [0.5, 0.6) is 11.5 Å². The van der Waals surface area contributed by atoms with Crippen LogP contribution in [-0.2, 0) is 0 Å². The second-order valence-corrected chi connectivity index (χ2v) is 3.13. The van der Waals surface area contributed by atoms with Crippen LogP contribution < -0.4 is 9.47 Å². The number of rotatable bonds is 5. The van der Waals surface area contributed by atoms with Gasteiger partial charge in [0, 0.05) is 6.07 Å². The lowest BCUT2D eigenvalue weighted by molar-refractivity contribution is -0.385. The predicted molar refractivity (Wildman–Crippen MR) is 53.3 cm³/mol. The van der Waals surface area contributed by atoms with Crippen molar-refractivity contribution in [2.45, 2.75) is 6.11 Å². The molecular weight excluding hydrogens is 275 g/mol. The number of alkyl halides is 3. The Labute approximate surface area is 103 Å². The highest BCUT2D eigenvalue weighted by Gasteiger charge is 2.33. The minimum absolute atomic E-state index is 0.502. The quantitative estimate of drug-likeness (QED) is 0.385. The molecule has 0 bridgehead atoms. The first kappa shape index (κ1) is 14.5. The van der Waals surface area contributed by atoms with Crippen molar-refractivity contribution in [3.8, 4) is 11.5 Å². The smallest absolute Gasteiger partial charge is 0.449 e. The fraction of sp³-hybridized carbons (Fsp3) is 0.222. The van der Waals surface area contributed by atoms with Crippen molar-refractivity contribution in [3.05, 3.63) is 28.3 Å². The molecule has 0 atom stereocenters. The van der Waals surface area contributed by atoms with Gasteiger partial charge in [0.2, 0.25) is 0 Å². The van der Waals surface area contributed by atoms with Crippen molar-refractivity contribution in [2.24, 2.45) is 0 Å². The van der Waals surface area contributed by atoms with Crippen molar-refractivity contribution < 1.29 is 37.5 Å². The fourth-order valence-electron chi connectivity index (χ4n) is 1.06. The van der Waals surface area contributed by atoms with Gasteiger partial charge in [-0.2, -0.15) is 8.78 Å². The van der Waals surface area contributed by atoms with Gasteiger partial charge in [0.15, 0.2) is 18.2 Å². The van der Waals surface area contributed by atoms with Crippen LogP contribution in [0, 0.1) is 10.1 Å². The standard InChI is InChI=1S/C9H6F3NO6/c10-4-9(11,12)19-7-3-5(13(16)17)1-2-6(7)18-8(14)15/h1-3H,4H2,(H,14,15). The van der Waals surface area contributed by atoms with Gasteiger partial charge in [-0.1, -0.05) is 0 Å². The second-order valence-electron chi connectivity index (χ2n) is 3.13. The van der Waals surface area contributed by atoms with Gasteiger partial charge in [0.1, 0.15) is 0 Å². The molecule has 0 aliphatic carbocycles. The maximum Gasteiger partial charge on any atom is 0.511 e. The van der Waals surface area contributed by atoms with E-state index in [1.54, 1.807) is 0 Å². The van der Waals surface area contributed by atoms with E-state index in [0.29, 0.717) is 6.07 Å². The van der Waals surface area contributed by atoms with Gasteiger partial charge in [-0.05, 0) is 6.07 Å². The highest BCUT2D eigenvalue weighted by molar-refractivity contribution is 5.64. The average Bonchev–Trinajstić information content (AvgIpc) is 2.30. The minimum Gasteiger partial charge on any atom is -0.449 e. The first-order chi connectivity index (χ1) is 8.75. The van der Waals surface area contributed by atoms with Crippen molar-refractivity contribution in [1.29, 1.82) is 0 Å². The molecule has 0 saturated carbocycles. The van der Waals surface area contributed by atoms with Crippen molar-refractivity contribution in [1.82, 2.24) is 0 Å². The van der Waals surface area contributed by atoms with Crippen LogP contribution in [0.4, 0.5) is 23.7 Å². The maximum absolute atomic E-state index is 12.7. The summed E-state index contributed by atoms with van der Waals surface area (Å²) in [6.45, 7) is -2.19. The van der Waals surface area contributed by atoms with Gasteiger partial charge < -0.3 is 14.6 Å². The molecule has 1 N–H and O–H groups in total. The van der Waals surface area contributed by atoms with Gasteiger partial charge in [-0.25, -0.2) is 9.18 Å². The van der Waals surface area contributed by atoms with E-state index in [2.05, 4.69) is 9.47 Å². The molecule has 10 heteroatoms. The number of ether oxygens (including phenoxy) is 2. The normalized spacial score (nSPS) is 10.9. The number of benzene rings is 1. The first-order valence-electron chi connectivity index (χ1n) is 4.57. The molecule has 0 aromatic heterocycles. The SMILES string of the molecule is O=C(O)Oc1ccc([N+](=O)[O-])cc1OC(F)(F)CF. The molecule has 0 radical (unpaired) electrons. The van der Waals surface area contributed by atoms with Gasteiger partial charge >= 0.3 is 12.3 Å². The molecule has 0 heterocycles. The number of nitro groups is 1. The number of halogens is 3. The summed E-state index contributed by atoms with van der Waals surface area (Å²) in [4.78, 5) is 19.8. The van der Waals surface area contributed by atoms with E-state index >= 15 is 0 Å². The van der Waals surface area contributed by atoms with Gasteiger partial charge in [-0.3, -0.25) is 10.1 Å². The summed E-state index contributed by atoms with van der Waals surface area (Å²) in [6.07, 6.45) is -6.10. The summed E-state index contributed by atoms with van der Waals surface area (Å²) >= 11 is 0. The molecule has 1 rings (SSSR count). The first-order valence-corrected chi connectivity index (χ1v) is 4.57. The summed E-state index contributed by atoms with van der Waals surface area (Å²) in [5, 5.41) is 18.8. The summed E-state index contributed by atoms with van der Waals surface area (Å²) in [5.41, 5.74) is -0.651. The summed E-state index contributed by atoms with van der Waals surface area (Å²) in [6, 6.07) is 2.07. The predicted octanol–water partition coefficient (Wildman–Crippen LogP) is 2.59. The molecule has 0 aliphatic heterocycles. The maximum atomic E-state index is 12.7. The highest BCUT2D eigenvalue weighted by atomic mass is 19.3. The summed E-state index contributed by atoms with van der Waals surface area (Å²) in [5.74, 6) is -1.68. The van der Waals surface area contributed by atoms with Gasteiger partial charge in [0.25, 0.3) is 5.69 Å². The van der Waals surface area contributed by atoms with E-state index < -0.39 is 41.0 Å². The third kappa shape index (κ3) is 4.01. The lowest BCUT2D eigenvalue weighted by atomic mass is 10.3. The number of hydrogen-bond acceptors (Lipinski definition) is 5. The van der Waals surface area contributed by atoms with Crippen molar-refractivity contribution in [2.75, 3.05) is 6.67 Å². The third-order valence-electron chi connectivity index (χ3n) is 1.75. The zero-order chi connectivity index (χ0) is 14.6. The monoisotopic (exact) mass is 281 g/mol. The van der Waals surface area contributed by atoms with Gasteiger partial charge in [-0.15, -0.1) is 0 Å².